The van der Waals surface area contributed by atoms with Gasteiger partial charge in [-0.1, -0.05) is 24.6 Å². The minimum absolute atomic E-state index is 0.0533. The van der Waals surface area contributed by atoms with Crippen molar-refractivity contribution in [3.8, 4) is 0 Å². The number of nitrogens with zero attached hydrogens (tertiary/aromatic N) is 1. The molecule has 0 aromatic heterocycles. The number of rotatable bonds is 4. The molecule has 0 aliphatic carbocycles. The molecule has 0 spiro atoms. The molecule has 1 fully saturated rings. The van der Waals surface area contributed by atoms with Crippen LogP contribution in [0.3, 0.4) is 0 Å². The summed E-state index contributed by atoms with van der Waals surface area (Å²) in [4.78, 5) is 13.4. The van der Waals surface area contributed by atoms with E-state index < -0.39 is 11.7 Å². The van der Waals surface area contributed by atoms with E-state index in [-0.39, 0.29) is 30.5 Å². The third kappa shape index (κ3) is 4.22. The Hall–Kier alpha value is -1.56. The number of piperidine rings is 1. The molecule has 6 heteroatoms. The standard InChI is InChI=1S/C16H20F3NO2/c1-22-15(21)10-13-7-4-5-9-20(13)11-12-6-2-3-8-14(12)16(17,18)19/h2-3,6,8,13H,4-5,7,9-11H2,1H3. The van der Waals surface area contributed by atoms with Crippen LogP contribution in [0, 0.1) is 0 Å². The van der Waals surface area contributed by atoms with Gasteiger partial charge in [0.25, 0.3) is 0 Å². The van der Waals surface area contributed by atoms with Crippen LogP contribution in [0.4, 0.5) is 13.2 Å². The molecule has 1 aromatic carbocycles. The number of esters is 1. The van der Waals surface area contributed by atoms with Gasteiger partial charge in [0, 0.05) is 12.6 Å². The Kier molecular flexibility index (Phi) is 5.45. The highest BCUT2D eigenvalue weighted by molar-refractivity contribution is 5.69. The molecule has 2 rings (SSSR count). The Labute approximate surface area is 128 Å². The Morgan fingerprint density at radius 1 is 1.32 bits per heavy atom. The molecule has 1 aromatic rings. The van der Waals surface area contributed by atoms with Crippen molar-refractivity contribution in [1.82, 2.24) is 4.90 Å². The number of halogens is 3. The SMILES string of the molecule is COC(=O)CC1CCCCN1Cc1ccccc1C(F)(F)F. The molecule has 1 unspecified atom stereocenters. The number of hydrogen-bond acceptors (Lipinski definition) is 3. The van der Waals surface area contributed by atoms with Crippen LogP contribution in [0.25, 0.3) is 0 Å². The average molecular weight is 315 g/mol. The molecule has 22 heavy (non-hydrogen) atoms. The van der Waals surface area contributed by atoms with Gasteiger partial charge in [0.1, 0.15) is 0 Å². The van der Waals surface area contributed by atoms with Gasteiger partial charge >= 0.3 is 12.1 Å². The van der Waals surface area contributed by atoms with Crippen LogP contribution in [0.1, 0.15) is 36.8 Å². The molecule has 1 aliphatic heterocycles. The minimum Gasteiger partial charge on any atom is -0.469 e. The quantitative estimate of drug-likeness (QED) is 0.795. The number of alkyl halides is 3. The number of ether oxygens (including phenoxy) is 1. The molecule has 0 amide bonds. The molecule has 1 saturated heterocycles. The second-order valence-electron chi connectivity index (χ2n) is 5.56. The lowest BCUT2D eigenvalue weighted by atomic mass is 9.97. The lowest BCUT2D eigenvalue weighted by Crippen LogP contribution is -2.40. The zero-order chi connectivity index (χ0) is 16.2. The molecule has 3 nitrogen and oxygen atoms in total. The smallest absolute Gasteiger partial charge is 0.416 e. The second-order valence-corrected chi connectivity index (χ2v) is 5.56. The average Bonchev–Trinajstić information content (AvgIpc) is 2.48. The Bertz CT molecular complexity index is 516. The highest BCUT2D eigenvalue weighted by Gasteiger charge is 2.34. The molecular weight excluding hydrogens is 295 g/mol. The first-order chi connectivity index (χ1) is 10.4. The Morgan fingerprint density at radius 2 is 2.05 bits per heavy atom. The Morgan fingerprint density at radius 3 is 2.73 bits per heavy atom. The van der Waals surface area contributed by atoms with Crippen LogP contribution >= 0.6 is 0 Å². The third-order valence-corrected chi connectivity index (χ3v) is 4.08. The van der Waals surface area contributed by atoms with Gasteiger partial charge in [-0.25, -0.2) is 0 Å². The van der Waals surface area contributed by atoms with Crippen molar-refractivity contribution in [1.29, 1.82) is 0 Å². The van der Waals surface area contributed by atoms with Crippen LogP contribution in [-0.4, -0.2) is 30.6 Å². The fraction of sp³-hybridized carbons (Fsp3) is 0.562. The molecule has 0 saturated carbocycles. The van der Waals surface area contributed by atoms with Gasteiger partial charge in [0.2, 0.25) is 0 Å². The number of methoxy groups -OCH3 is 1. The van der Waals surface area contributed by atoms with Crippen molar-refractivity contribution < 1.29 is 22.7 Å². The van der Waals surface area contributed by atoms with Crippen molar-refractivity contribution >= 4 is 5.97 Å². The van der Waals surface area contributed by atoms with Crippen molar-refractivity contribution in [2.75, 3.05) is 13.7 Å². The highest BCUT2D eigenvalue weighted by Crippen LogP contribution is 2.33. The first kappa shape index (κ1) is 16.8. The maximum atomic E-state index is 13.1. The van der Waals surface area contributed by atoms with Gasteiger partial charge < -0.3 is 4.74 Å². The molecule has 0 N–H and O–H groups in total. The van der Waals surface area contributed by atoms with Gasteiger partial charge in [-0.3, -0.25) is 9.69 Å². The van der Waals surface area contributed by atoms with Crippen LogP contribution in [-0.2, 0) is 22.3 Å². The largest absolute Gasteiger partial charge is 0.469 e. The maximum absolute atomic E-state index is 13.1. The predicted octanol–water partition coefficient (Wildman–Crippen LogP) is 3.62. The highest BCUT2D eigenvalue weighted by atomic mass is 19.4. The number of hydrogen-bond donors (Lipinski definition) is 0. The van der Waals surface area contributed by atoms with Gasteiger partial charge in [0.05, 0.1) is 19.1 Å². The van der Waals surface area contributed by atoms with E-state index in [1.807, 2.05) is 4.90 Å². The van der Waals surface area contributed by atoms with Gasteiger partial charge in [-0.05, 0) is 31.0 Å². The van der Waals surface area contributed by atoms with Crippen molar-refractivity contribution in [3.05, 3.63) is 35.4 Å². The van der Waals surface area contributed by atoms with E-state index in [2.05, 4.69) is 4.74 Å². The fourth-order valence-corrected chi connectivity index (χ4v) is 2.93. The zero-order valence-electron chi connectivity index (χ0n) is 12.5. The lowest BCUT2D eigenvalue weighted by Gasteiger charge is -2.35. The summed E-state index contributed by atoms with van der Waals surface area (Å²) >= 11 is 0. The van der Waals surface area contributed by atoms with E-state index in [0.717, 1.165) is 25.3 Å². The summed E-state index contributed by atoms with van der Waals surface area (Å²) in [5.41, 5.74) is -0.343. The summed E-state index contributed by atoms with van der Waals surface area (Å²) in [6.07, 6.45) is -1.40. The monoisotopic (exact) mass is 315 g/mol. The van der Waals surface area contributed by atoms with Crippen LogP contribution in [0.2, 0.25) is 0 Å². The molecular formula is C16H20F3NO2. The van der Waals surface area contributed by atoms with E-state index in [0.29, 0.717) is 6.54 Å². The second kappa shape index (κ2) is 7.13. The first-order valence-electron chi connectivity index (χ1n) is 7.38. The number of carbonyl (C=O) groups excluding carboxylic acids is 1. The van der Waals surface area contributed by atoms with E-state index in [1.165, 1.54) is 19.2 Å². The van der Waals surface area contributed by atoms with Crippen molar-refractivity contribution in [3.63, 3.8) is 0 Å². The van der Waals surface area contributed by atoms with Crippen LogP contribution in [0.15, 0.2) is 24.3 Å². The van der Waals surface area contributed by atoms with E-state index in [1.54, 1.807) is 6.07 Å². The summed E-state index contributed by atoms with van der Waals surface area (Å²) in [5.74, 6) is -0.319. The molecule has 0 radical (unpaired) electrons. The molecule has 122 valence electrons. The lowest BCUT2D eigenvalue weighted by molar-refractivity contribution is -0.143. The summed E-state index contributed by atoms with van der Waals surface area (Å²) < 4.78 is 43.9. The summed E-state index contributed by atoms with van der Waals surface area (Å²) in [6, 6.07) is 5.57. The number of benzene rings is 1. The number of likely N-dealkylation sites (tertiary alicyclic amines) is 1. The van der Waals surface area contributed by atoms with Crippen LogP contribution < -0.4 is 0 Å². The van der Waals surface area contributed by atoms with E-state index in [9.17, 15) is 18.0 Å². The van der Waals surface area contributed by atoms with Gasteiger partial charge in [0.15, 0.2) is 0 Å². The summed E-state index contributed by atoms with van der Waals surface area (Å²) in [7, 11) is 1.33. The molecule has 0 bridgehead atoms. The van der Waals surface area contributed by atoms with Gasteiger partial charge in [-0.15, -0.1) is 0 Å². The normalized spacial score (nSPS) is 19.9. The van der Waals surface area contributed by atoms with E-state index >= 15 is 0 Å². The molecule has 1 aliphatic rings. The first-order valence-corrected chi connectivity index (χ1v) is 7.38. The molecule has 1 heterocycles. The Balaban J connectivity index is 2.15. The maximum Gasteiger partial charge on any atom is 0.416 e. The minimum atomic E-state index is -4.36. The van der Waals surface area contributed by atoms with E-state index in [4.69, 9.17) is 0 Å². The molecule has 1 atom stereocenters. The van der Waals surface area contributed by atoms with Crippen molar-refractivity contribution in [2.24, 2.45) is 0 Å². The van der Waals surface area contributed by atoms with Crippen molar-refractivity contribution in [2.45, 2.75) is 44.4 Å². The zero-order valence-corrected chi connectivity index (χ0v) is 12.5. The summed E-state index contributed by atoms with van der Waals surface area (Å²) in [5, 5.41) is 0. The third-order valence-electron chi connectivity index (χ3n) is 4.08. The summed E-state index contributed by atoms with van der Waals surface area (Å²) in [6.45, 7) is 0.908. The van der Waals surface area contributed by atoms with Gasteiger partial charge in [-0.2, -0.15) is 13.2 Å². The number of carbonyl (C=O) groups is 1. The predicted molar refractivity (Wildman–Crippen MR) is 76.1 cm³/mol. The van der Waals surface area contributed by atoms with Crippen LogP contribution in [0.5, 0.6) is 0 Å². The fourth-order valence-electron chi connectivity index (χ4n) is 2.93. The topological polar surface area (TPSA) is 29.5 Å².